The van der Waals surface area contributed by atoms with Gasteiger partial charge in [0.15, 0.2) is 16.3 Å². The molecule has 1 aromatic heterocycles. The number of hydrogen-bond acceptors (Lipinski definition) is 7. The molecule has 2 aromatic carbocycles. The number of ether oxygens (including phenoxy) is 3. The van der Waals surface area contributed by atoms with E-state index in [1.807, 2.05) is 42.5 Å². The third-order valence-corrected chi connectivity index (χ3v) is 6.39. The molecule has 1 aliphatic rings. The lowest BCUT2D eigenvalue weighted by Crippen LogP contribution is -2.39. The number of para-hydroxylation sites is 1. The molecular formula is C26H24N2O5S. The highest BCUT2D eigenvalue weighted by atomic mass is 32.1. The Labute approximate surface area is 200 Å². The Kier molecular flexibility index (Phi) is 6.79. The average molecular weight is 477 g/mol. The second kappa shape index (κ2) is 9.93. The van der Waals surface area contributed by atoms with E-state index in [1.54, 1.807) is 37.9 Å². The van der Waals surface area contributed by atoms with Gasteiger partial charge in [-0.05, 0) is 24.6 Å². The van der Waals surface area contributed by atoms with Crippen molar-refractivity contribution < 1.29 is 19.0 Å². The van der Waals surface area contributed by atoms with E-state index in [-0.39, 0.29) is 12.2 Å². The minimum absolute atomic E-state index is 0.0666. The number of methoxy groups -OCH3 is 2. The summed E-state index contributed by atoms with van der Waals surface area (Å²) in [5.74, 6) is 0.563. The average Bonchev–Trinajstić information content (AvgIpc) is 3.16. The van der Waals surface area contributed by atoms with Crippen LogP contribution in [0.4, 0.5) is 0 Å². The topological polar surface area (TPSA) is 79.1 Å². The van der Waals surface area contributed by atoms with Crippen LogP contribution in [0.2, 0.25) is 0 Å². The molecule has 0 spiro atoms. The van der Waals surface area contributed by atoms with Gasteiger partial charge in [0.2, 0.25) is 0 Å². The van der Waals surface area contributed by atoms with Crippen molar-refractivity contribution in [2.45, 2.75) is 13.0 Å². The SMILES string of the molecule is C=CCOC(=O)C1=C(C)N=c2s/c(=C/c3cccc(OC)c3OC)c(=O)n2[C@H]1c1ccccc1. The van der Waals surface area contributed by atoms with Crippen LogP contribution in [0.3, 0.4) is 0 Å². The first-order valence-corrected chi connectivity index (χ1v) is 11.4. The van der Waals surface area contributed by atoms with Gasteiger partial charge in [0, 0.05) is 5.56 Å². The minimum atomic E-state index is -0.663. The Balaban J connectivity index is 1.94. The molecule has 174 valence electrons. The van der Waals surface area contributed by atoms with Crippen LogP contribution >= 0.6 is 11.3 Å². The third-order valence-electron chi connectivity index (χ3n) is 5.41. The Hall–Kier alpha value is -3.91. The van der Waals surface area contributed by atoms with Gasteiger partial charge in [0.05, 0.1) is 36.1 Å². The van der Waals surface area contributed by atoms with Crippen LogP contribution in [0.5, 0.6) is 11.5 Å². The summed E-state index contributed by atoms with van der Waals surface area (Å²) in [6, 6.07) is 14.2. The molecule has 0 fully saturated rings. The molecular weight excluding hydrogens is 452 g/mol. The maximum absolute atomic E-state index is 13.7. The van der Waals surface area contributed by atoms with Gasteiger partial charge in [-0.3, -0.25) is 9.36 Å². The summed E-state index contributed by atoms with van der Waals surface area (Å²) < 4.78 is 18.2. The summed E-state index contributed by atoms with van der Waals surface area (Å²) in [5.41, 5.74) is 2.06. The summed E-state index contributed by atoms with van der Waals surface area (Å²) in [4.78, 5) is 31.7. The van der Waals surface area contributed by atoms with Crippen LogP contribution in [-0.2, 0) is 9.53 Å². The maximum atomic E-state index is 13.7. The number of carbonyl (C=O) groups excluding carboxylic acids is 1. The van der Waals surface area contributed by atoms with E-state index in [2.05, 4.69) is 11.6 Å². The van der Waals surface area contributed by atoms with Crippen LogP contribution < -0.4 is 24.4 Å². The van der Waals surface area contributed by atoms with Crippen molar-refractivity contribution in [1.82, 2.24) is 4.57 Å². The molecule has 1 atom stereocenters. The summed E-state index contributed by atoms with van der Waals surface area (Å²) in [5, 5.41) is 0. The molecule has 34 heavy (non-hydrogen) atoms. The summed E-state index contributed by atoms with van der Waals surface area (Å²) in [6.45, 7) is 5.42. The summed E-state index contributed by atoms with van der Waals surface area (Å²) in [7, 11) is 3.11. The van der Waals surface area contributed by atoms with E-state index in [0.717, 1.165) is 5.56 Å². The molecule has 0 N–H and O–H groups in total. The van der Waals surface area contributed by atoms with Crippen molar-refractivity contribution in [1.29, 1.82) is 0 Å². The van der Waals surface area contributed by atoms with E-state index in [0.29, 0.717) is 37.7 Å². The number of aromatic nitrogens is 1. The van der Waals surface area contributed by atoms with Gasteiger partial charge >= 0.3 is 5.97 Å². The van der Waals surface area contributed by atoms with E-state index in [4.69, 9.17) is 14.2 Å². The van der Waals surface area contributed by atoms with Gasteiger partial charge < -0.3 is 14.2 Å². The van der Waals surface area contributed by atoms with Crippen molar-refractivity contribution in [3.8, 4) is 11.5 Å². The molecule has 0 amide bonds. The fraction of sp³-hybridized carbons (Fsp3) is 0.192. The van der Waals surface area contributed by atoms with Crippen molar-refractivity contribution in [3.63, 3.8) is 0 Å². The molecule has 7 nitrogen and oxygen atoms in total. The lowest BCUT2D eigenvalue weighted by molar-refractivity contribution is -0.138. The van der Waals surface area contributed by atoms with Gasteiger partial charge in [0.1, 0.15) is 6.61 Å². The standard InChI is InChI=1S/C26H24N2O5S/c1-5-14-33-25(30)21-16(2)27-26-28(22(21)17-10-7-6-8-11-17)24(29)20(34-26)15-18-12-9-13-19(31-3)23(18)32-4/h5-13,15,22H,1,14H2,2-4H3/b20-15+/t22-/m0/s1. The van der Waals surface area contributed by atoms with E-state index in [9.17, 15) is 9.59 Å². The first kappa shape index (κ1) is 23.3. The predicted molar refractivity (Wildman–Crippen MR) is 131 cm³/mol. The second-order valence-electron chi connectivity index (χ2n) is 7.46. The molecule has 4 rings (SSSR count). The normalized spacial score (nSPS) is 15.4. The van der Waals surface area contributed by atoms with Crippen LogP contribution in [0.25, 0.3) is 6.08 Å². The molecule has 0 unspecified atom stereocenters. The number of rotatable bonds is 7. The van der Waals surface area contributed by atoms with Crippen molar-refractivity contribution in [3.05, 3.63) is 103 Å². The number of carbonyl (C=O) groups is 1. The van der Waals surface area contributed by atoms with Gasteiger partial charge in [-0.15, -0.1) is 0 Å². The number of esters is 1. The van der Waals surface area contributed by atoms with Crippen molar-refractivity contribution in [2.24, 2.45) is 4.99 Å². The Morgan fingerprint density at radius 2 is 1.91 bits per heavy atom. The quantitative estimate of drug-likeness (QED) is 0.387. The van der Waals surface area contributed by atoms with Crippen molar-refractivity contribution in [2.75, 3.05) is 20.8 Å². The highest BCUT2D eigenvalue weighted by molar-refractivity contribution is 7.07. The number of nitrogens with zero attached hydrogens (tertiary/aromatic N) is 2. The lowest BCUT2D eigenvalue weighted by atomic mass is 9.96. The Bertz CT molecular complexity index is 1450. The Morgan fingerprint density at radius 3 is 2.59 bits per heavy atom. The predicted octanol–water partition coefficient (Wildman–Crippen LogP) is 2.98. The van der Waals surface area contributed by atoms with E-state index < -0.39 is 12.0 Å². The monoisotopic (exact) mass is 476 g/mol. The zero-order valence-electron chi connectivity index (χ0n) is 19.1. The van der Waals surface area contributed by atoms with E-state index in [1.165, 1.54) is 17.4 Å². The Morgan fingerprint density at radius 1 is 1.15 bits per heavy atom. The van der Waals surface area contributed by atoms with Gasteiger partial charge in [0.25, 0.3) is 5.56 Å². The zero-order chi connectivity index (χ0) is 24.2. The zero-order valence-corrected chi connectivity index (χ0v) is 19.9. The fourth-order valence-electron chi connectivity index (χ4n) is 3.91. The minimum Gasteiger partial charge on any atom is -0.493 e. The molecule has 0 radical (unpaired) electrons. The summed E-state index contributed by atoms with van der Waals surface area (Å²) >= 11 is 1.25. The molecule has 1 aliphatic heterocycles. The molecule has 3 aromatic rings. The highest BCUT2D eigenvalue weighted by Gasteiger charge is 2.33. The van der Waals surface area contributed by atoms with Crippen LogP contribution in [0.1, 0.15) is 24.1 Å². The molecule has 0 saturated heterocycles. The van der Waals surface area contributed by atoms with Crippen LogP contribution in [-0.4, -0.2) is 31.4 Å². The molecule has 0 bridgehead atoms. The van der Waals surface area contributed by atoms with Gasteiger partial charge in [-0.25, -0.2) is 9.79 Å². The number of hydrogen-bond donors (Lipinski definition) is 0. The fourth-order valence-corrected chi connectivity index (χ4v) is 4.95. The molecule has 0 aliphatic carbocycles. The first-order valence-electron chi connectivity index (χ1n) is 10.6. The van der Waals surface area contributed by atoms with Gasteiger partial charge in [-0.1, -0.05) is 66.5 Å². The lowest BCUT2D eigenvalue weighted by Gasteiger charge is -2.24. The smallest absolute Gasteiger partial charge is 0.338 e. The number of thiazole rings is 1. The largest absolute Gasteiger partial charge is 0.493 e. The summed E-state index contributed by atoms with van der Waals surface area (Å²) in [6.07, 6.45) is 3.25. The molecule has 2 heterocycles. The van der Waals surface area contributed by atoms with E-state index >= 15 is 0 Å². The number of fused-ring (bicyclic) bond motifs is 1. The number of benzene rings is 2. The van der Waals surface area contributed by atoms with Crippen molar-refractivity contribution >= 4 is 23.4 Å². The first-order chi connectivity index (χ1) is 16.5. The van der Waals surface area contributed by atoms with Gasteiger partial charge in [-0.2, -0.15) is 0 Å². The second-order valence-corrected chi connectivity index (χ2v) is 8.47. The third kappa shape index (κ3) is 4.20. The highest BCUT2D eigenvalue weighted by Crippen LogP contribution is 2.32. The maximum Gasteiger partial charge on any atom is 0.338 e. The molecule has 0 saturated carbocycles. The van der Waals surface area contributed by atoms with Crippen LogP contribution in [0, 0.1) is 0 Å². The van der Waals surface area contributed by atoms with Crippen LogP contribution in [0.15, 0.2) is 82.2 Å². The molecule has 8 heteroatoms. The number of allylic oxidation sites excluding steroid dienone is 1.